The first kappa shape index (κ1) is 14.2. The molecule has 4 heteroatoms. The summed E-state index contributed by atoms with van der Waals surface area (Å²) in [7, 11) is 0. The third kappa shape index (κ3) is 5.33. The monoisotopic (exact) mass is 299 g/mol. The highest BCUT2D eigenvalue weighted by Crippen LogP contribution is 2.20. The Hall–Kier alpha value is -0.870. The highest BCUT2D eigenvalue weighted by molar-refractivity contribution is 9.10. The van der Waals surface area contributed by atoms with Gasteiger partial charge in [0.15, 0.2) is 0 Å². The first-order valence-electron chi connectivity index (χ1n) is 5.57. The molecule has 0 spiro atoms. The predicted molar refractivity (Wildman–Crippen MR) is 71.9 cm³/mol. The Balaban J connectivity index is 2.42. The number of carboxylic acids is 1. The van der Waals surface area contributed by atoms with E-state index in [9.17, 15) is 4.79 Å². The predicted octanol–water partition coefficient (Wildman–Crippen LogP) is 3.04. The molecule has 1 aromatic carbocycles. The van der Waals surface area contributed by atoms with Gasteiger partial charge in [-0.2, -0.15) is 0 Å². The molecule has 0 saturated carbocycles. The van der Waals surface area contributed by atoms with Crippen molar-refractivity contribution in [2.45, 2.75) is 26.8 Å². The van der Waals surface area contributed by atoms with E-state index in [2.05, 4.69) is 21.2 Å². The molecule has 0 saturated heterocycles. The van der Waals surface area contributed by atoms with Crippen LogP contribution in [0.15, 0.2) is 28.7 Å². The maximum absolute atomic E-state index is 10.7. The van der Waals surface area contributed by atoms with E-state index in [1.165, 1.54) is 5.56 Å². The van der Waals surface area contributed by atoms with Crippen LogP contribution in [0.3, 0.4) is 0 Å². The van der Waals surface area contributed by atoms with Gasteiger partial charge in [-0.1, -0.05) is 48.0 Å². The van der Waals surface area contributed by atoms with E-state index >= 15 is 0 Å². The number of aliphatic carboxylic acids is 1. The molecule has 0 heterocycles. The summed E-state index contributed by atoms with van der Waals surface area (Å²) in [4.78, 5) is 10.7. The minimum Gasteiger partial charge on any atom is -0.481 e. The number of benzene rings is 1. The van der Waals surface area contributed by atoms with Gasteiger partial charge in [-0.05, 0) is 17.0 Å². The molecule has 94 valence electrons. The third-order valence-corrected chi connectivity index (χ3v) is 3.28. The van der Waals surface area contributed by atoms with Crippen LogP contribution in [0.25, 0.3) is 0 Å². The second kappa shape index (κ2) is 6.17. The molecule has 0 unspecified atom stereocenters. The molecular formula is C13H18BrNO2. The Morgan fingerprint density at radius 1 is 1.41 bits per heavy atom. The largest absolute Gasteiger partial charge is 0.481 e. The summed E-state index contributed by atoms with van der Waals surface area (Å²) >= 11 is 3.48. The maximum Gasteiger partial charge on any atom is 0.303 e. The highest BCUT2D eigenvalue weighted by Gasteiger charge is 2.21. The molecule has 0 aromatic heterocycles. The van der Waals surface area contributed by atoms with Gasteiger partial charge in [-0.15, -0.1) is 0 Å². The SMILES string of the molecule is CC(C)(CNCc1ccccc1Br)CC(=O)O. The van der Waals surface area contributed by atoms with Gasteiger partial charge < -0.3 is 10.4 Å². The van der Waals surface area contributed by atoms with Gasteiger partial charge in [0.25, 0.3) is 0 Å². The molecule has 0 aliphatic carbocycles. The van der Waals surface area contributed by atoms with E-state index in [0.717, 1.165) is 11.0 Å². The molecule has 17 heavy (non-hydrogen) atoms. The zero-order chi connectivity index (χ0) is 12.9. The first-order valence-corrected chi connectivity index (χ1v) is 6.36. The molecule has 1 rings (SSSR count). The smallest absolute Gasteiger partial charge is 0.303 e. The van der Waals surface area contributed by atoms with Gasteiger partial charge in [0.2, 0.25) is 0 Å². The fourth-order valence-electron chi connectivity index (χ4n) is 1.65. The van der Waals surface area contributed by atoms with E-state index in [0.29, 0.717) is 6.54 Å². The molecule has 0 fully saturated rings. The molecule has 1 aromatic rings. The number of carboxylic acid groups (broad SMARTS) is 1. The van der Waals surface area contributed by atoms with E-state index in [4.69, 9.17) is 5.11 Å². The Labute approximate surface area is 110 Å². The van der Waals surface area contributed by atoms with Crippen LogP contribution in [0.5, 0.6) is 0 Å². The van der Waals surface area contributed by atoms with E-state index in [1.54, 1.807) is 0 Å². The summed E-state index contributed by atoms with van der Waals surface area (Å²) in [6.07, 6.45) is 0.177. The van der Waals surface area contributed by atoms with Gasteiger partial charge in [0.1, 0.15) is 0 Å². The molecular weight excluding hydrogens is 282 g/mol. The van der Waals surface area contributed by atoms with Crippen LogP contribution in [0.4, 0.5) is 0 Å². The number of hydrogen-bond acceptors (Lipinski definition) is 2. The third-order valence-electron chi connectivity index (χ3n) is 2.51. The van der Waals surface area contributed by atoms with Crippen LogP contribution in [-0.4, -0.2) is 17.6 Å². The summed E-state index contributed by atoms with van der Waals surface area (Å²) in [6, 6.07) is 8.01. The lowest BCUT2D eigenvalue weighted by Crippen LogP contribution is -2.31. The van der Waals surface area contributed by atoms with Crippen molar-refractivity contribution < 1.29 is 9.90 Å². The Bertz CT molecular complexity index is 391. The fourth-order valence-corrected chi connectivity index (χ4v) is 2.07. The van der Waals surface area contributed by atoms with Crippen LogP contribution in [0.1, 0.15) is 25.8 Å². The molecule has 0 radical (unpaired) electrons. The molecule has 3 nitrogen and oxygen atoms in total. The number of nitrogens with one attached hydrogen (secondary N) is 1. The lowest BCUT2D eigenvalue weighted by atomic mass is 9.89. The van der Waals surface area contributed by atoms with Crippen molar-refractivity contribution in [2.75, 3.05) is 6.54 Å². The quantitative estimate of drug-likeness (QED) is 0.849. The second-order valence-electron chi connectivity index (χ2n) is 4.93. The number of hydrogen-bond donors (Lipinski definition) is 2. The Morgan fingerprint density at radius 3 is 2.65 bits per heavy atom. The van der Waals surface area contributed by atoms with Gasteiger partial charge in [0, 0.05) is 17.6 Å². The molecule has 0 atom stereocenters. The van der Waals surface area contributed by atoms with Gasteiger partial charge in [0.05, 0.1) is 6.42 Å². The first-order chi connectivity index (χ1) is 7.91. The maximum atomic E-state index is 10.7. The van der Waals surface area contributed by atoms with Crippen molar-refractivity contribution in [2.24, 2.45) is 5.41 Å². The van der Waals surface area contributed by atoms with Crippen LogP contribution < -0.4 is 5.32 Å². The molecule has 0 aliphatic heterocycles. The number of carbonyl (C=O) groups is 1. The summed E-state index contributed by atoms with van der Waals surface area (Å²) in [5, 5.41) is 12.1. The summed E-state index contributed by atoms with van der Waals surface area (Å²) in [5.74, 6) is -0.752. The topological polar surface area (TPSA) is 49.3 Å². The van der Waals surface area contributed by atoms with Crippen molar-refractivity contribution >= 4 is 21.9 Å². The molecule has 0 bridgehead atoms. The lowest BCUT2D eigenvalue weighted by molar-refractivity contribution is -0.139. The zero-order valence-corrected chi connectivity index (χ0v) is 11.8. The van der Waals surface area contributed by atoms with Gasteiger partial charge >= 0.3 is 5.97 Å². The Kier molecular flexibility index (Phi) is 5.15. The van der Waals surface area contributed by atoms with Crippen LogP contribution >= 0.6 is 15.9 Å². The zero-order valence-electron chi connectivity index (χ0n) is 10.2. The van der Waals surface area contributed by atoms with Crippen LogP contribution in [-0.2, 0) is 11.3 Å². The van der Waals surface area contributed by atoms with Gasteiger partial charge in [-0.3, -0.25) is 4.79 Å². The average Bonchev–Trinajstić information content (AvgIpc) is 2.18. The highest BCUT2D eigenvalue weighted by atomic mass is 79.9. The standard InChI is InChI=1S/C13H18BrNO2/c1-13(2,7-12(16)17)9-15-8-10-5-3-4-6-11(10)14/h3-6,15H,7-9H2,1-2H3,(H,16,17). The minimum atomic E-state index is -0.752. The molecule has 0 aliphatic rings. The molecule has 2 N–H and O–H groups in total. The van der Waals surface area contributed by atoms with E-state index in [-0.39, 0.29) is 11.8 Å². The second-order valence-corrected chi connectivity index (χ2v) is 5.78. The number of halogens is 1. The number of rotatable bonds is 6. The van der Waals surface area contributed by atoms with Crippen LogP contribution in [0.2, 0.25) is 0 Å². The average molecular weight is 300 g/mol. The summed E-state index contributed by atoms with van der Waals surface area (Å²) in [5.41, 5.74) is 0.950. The molecule has 0 amide bonds. The fraction of sp³-hybridized carbons (Fsp3) is 0.462. The van der Waals surface area contributed by atoms with E-state index < -0.39 is 5.97 Å². The van der Waals surface area contributed by atoms with E-state index in [1.807, 2.05) is 38.1 Å². The normalized spacial score (nSPS) is 11.5. The summed E-state index contributed by atoms with van der Waals surface area (Å²) < 4.78 is 1.07. The van der Waals surface area contributed by atoms with Crippen molar-refractivity contribution in [3.05, 3.63) is 34.3 Å². The summed E-state index contributed by atoms with van der Waals surface area (Å²) in [6.45, 7) is 5.33. The van der Waals surface area contributed by atoms with Crippen molar-refractivity contribution in [3.63, 3.8) is 0 Å². The van der Waals surface area contributed by atoms with Crippen molar-refractivity contribution in [1.29, 1.82) is 0 Å². The Morgan fingerprint density at radius 2 is 2.06 bits per heavy atom. The minimum absolute atomic E-state index is 0.177. The van der Waals surface area contributed by atoms with Crippen molar-refractivity contribution in [3.8, 4) is 0 Å². The van der Waals surface area contributed by atoms with Crippen LogP contribution in [0, 0.1) is 5.41 Å². The van der Waals surface area contributed by atoms with Gasteiger partial charge in [-0.25, -0.2) is 0 Å². The lowest BCUT2D eigenvalue weighted by Gasteiger charge is -2.23. The van der Waals surface area contributed by atoms with Crippen molar-refractivity contribution in [1.82, 2.24) is 5.32 Å².